The lowest BCUT2D eigenvalue weighted by molar-refractivity contribution is -0.116. The SMILES string of the molecule is Cc1cccc(NC(=O)CCCN(C)C(C)CO)c1. The predicted molar refractivity (Wildman–Crippen MR) is 78.2 cm³/mol. The molecule has 1 aromatic rings. The fourth-order valence-electron chi connectivity index (χ4n) is 1.80. The number of likely N-dealkylation sites (N-methyl/N-ethyl adjacent to an activating group) is 1. The Morgan fingerprint density at radius 3 is 2.84 bits per heavy atom. The third-order valence-electron chi connectivity index (χ3n) is 3.23. The van der Waals surface area contributed by atoms with Crippen LogP contribution in [-0.2, 0) is 4.79 Å². The minimum Gasteiger partial charge on any atom is -0.395 e. The Labute approximate surface area is 115 Å². The van der Waals surface area contributed by atoms with E-state index in [2.05, 4.69) is 10.2 Å². The quantitative estimate of drug-likeness (QED) is 0.792. The van der Waals surface area contributed by atoms with Gasteiger partial charge >= 0.3 is 0 Å². The molecule has 19 heavy (non-hydrogen) atoms. The smallest absolute Gasteiger partial charge is 0.224 e. The zero-order valence-electron chi connectivity index (χ0n) is 12.0. The summed E-state index contributed by atoms with van der Waals surface area (Å²) in [7, 11) is 1.96. The van der Waals surface area contributed by atoms with Crippen LogP contribution in [0.3, 0.4) is 0 Å². The maximum atomic E-state index is 11.8. The molecule has 0 heterocycles. The van der Waals surface area contributed by atoms with Gasteiger partial charge in [0.15, 0.2) is 0 Å². The van der Waals surface area contributed by atoms with Crippen LogP contribution in [0, 0.1) is 6.92 Å². The lowest BCUT2D eigenvalue weighted by Crippen LogP contribution is -2.33. The molecule has 0 saturated carbocycles. The summed E-state index contributed by atoms with van der Waals surface area (Å²) < 4.78 is 0. The van der Waals surface area contributed by atoms with Crippen molar-refractivity contribution in [2.75, 3.05) is 25.5 Å². The van der Waals surface area contributed by atoms with Crippen LogP contribution >= 0.6 is 0 Å². The standard InChI is InChI=1S/C15H24N2O2/c1-12-6-4-7-14(10-12)16-15(19)8-5-9-17(3)13(2)11-18/h4,6-7,10,13,18H,5,8-9,11H2,1-3H3,(H,16,19). The molecule has 1 atom stereocenters. The van der Waals surface area contributed by atoms with Crippen molar-refractivity contribution in [3.05, 3.63) is 29.8 Å². The maximum absolute atomic E-state index is 11.8. The molecule has 0 fully saturated rings. The van der Waals surface area contributed by atoms with Gasteiger partial charge in [0.1, 0.15) is 0 Å². The van der Waals surface area contributed by atoms with Crippen LogP contribution in [0.1, 0.15) is 25.3 Å². The first kappa shape index (κ1) is 15.7. The summed E-state index contributed by atoms with van der Waals surface area (Å²) in [6, 6.07) is 7.92. The highest BCUT2D eigenvalue weighted by molar-refractivity contribution is 5.90. The zero-order chi connectivity index (χ0) is 14.3. The van der Waals surface area contributed by atoms with Gasteiger partial charge in [-0.15, -0.1) is 0 Å². The summed E-state index contributed by atoms with van der Waals surface area (Å²) >= 11 is 0. The van der Waals surface area contributed by atoms with Crippen molar-refractivity contribution in [3.8, 4) is 0 Å². The predicted octanol–water partition coefficient (Wildman–Crippen LogP) is 2.03. The third kappa shape index (κ3) is 5.85. The Bertz CT molecular complexity index is 407. The zero-order valence-corrected chi connectivity index (χ0v) is 12.0. The number of nitrogens with one attached hydrogen (secondary N) is 1. The molecule has 2 N–H and O–H groups in total. The van der Waals surface area contributed by atoms with Crippen LogP contribution in [0.5, 0.6) is 0 Å². The van der Waals surface area contributed by atoms with Gasteiger partial charge in [0.05, 0.1) is 6.61 Å². The van der Waals surface area contributed by atoms with E-state index in [4.69, 9.17) is 5.11 Å². The second-order valence-electron chi connectivity index (χ2n) is 5.03. The lowest BCUT2D eigenvalue weighted by atomic mass is 10.2. The Morgan fingerprint density at radius 1 is 1.47 bits per heavy atom. The van der Waals surface area contributed by atoms with Crippen LogP contribution in [0.15, 0.2) is 24.3 Å². The molecule has 4 heteroatoms. The van der Waals surface area contributed by atoms with E-state index < -0.39 is 0 Å². The topological polar surface area (TPSA) is 52.6 Å². The van der Waals surface area contributed by atoms with Crippen molar-refractivity contribution in [3.63, 3.8) is 0 Å². The molecule has 0 aromatic heterocycles. The summed E-state index contributed by atoms with van der Waals surface area (Å²) in [6.45, 7) is 4.92. The number of nitrogens with zero attached hydrogens (tertiary/aromatic N) is 1. The van der Waals surface area contributed by atoms with Gasteiger partial charge in [-0.1, -0.05) is 12.1 Å². The van der Waals surface area contributed by atoms with Gasteiger partial charge in [-0.05, 0) is 51.6 Å². The Morgan fingerprint density at radius 2 is 2.21 bits per heavy atom. The van der Waals surface area contributed by atoms with E-state index in [1.54, 1.807) is 0 Å². The normalized spacial score (nSPS) is 12.5. The fraction of sp³-hybridized carbons (Fsp3) is 0.533. The molecule has 0 aliphatic rings. The molecule has 106 valence electrons. The van der Waals surface area contributed by atoms with Gasteiger partial charge < -0.3 is 15.3 Å². The molecule has 1 unspecified atom stereocenters. The van der Waals surface area contributed by atoms with Crippen molar-refractivity contribution in [1.29, 1.82) is 0 Å². The number of aliphatic hydroxyl groups excluding tert-OH is 1. The number of aliphatic hydroxyl groups is 1. The first-order chi connectivity index (χ1) is 9.02. The van der Waals surface area contributed by atoms with Crippen molar-refractivity contribution < 1.29 is 9.90 Å². The monoisotopic (exact) mass is 264 g/mol. The molecular formula is C15H24N2O2. The molecule has 0 spiro atoms. The van der Waals surface area contributed by atoms with Crippen molar-refractivity contribution >= 4 is 11.6 Å². The molecule has 0 radical (unpaired) electrons. The number of carbonyl (C=O) groups is 1. The van der Waals surface area contributed by atoms with Crippen LogP contribution in [0.2, 0.25) is 0 Å². The second kappa shape index (κ2) is 7.92. The van der Waals surface area contributed by atoms with Gasteiger partial charge in [0, 0.05) is 18.2 Å². The molecule has 0 aliphatic heterocycles. The van der Waals surface area contributed by atoms with E-state index in [-0.39, 0.29) is 18.6 Å². The van der Waals surface area contributed by atoms with Gasteiger partial charge in [-0.25, -0.2) is 0 Å². The number of carbonyl (C=O) groups excluding carboxylic acids is 1. The number of hydrogen-bond donors (Lipinski definition) is 2. The molecule has 1 rings (SSSR count). The first-order valence-electron chi connectivity index (χ1n) is 6.70. The van der Waals surface area contributed by atoms with Gasteiger partial charge in [-0.3, -0.25) is 4.79 Å². The minimum atomic E-state index is 0.0376. The third-order valence-corrected chi connectivity index (χ3v) is 3.23. The summed E-state index contributed by atoms with van der Waals surface area (Å²) in [5, 5.41) is 11.9. The number of benzene rings is 1. The maximum Gasteiger partial charge on any atom is 0.224 e. The molecule has 0 saturated heterocycles. The number of anilines is 1. The van der Waals surface area contributed by atoms with Gasteiger partial charge in [0.25, 0.3) is 0 Å². The summed E-state index contributed by atoms with van der Waals surface area (Å²) in [4.78, 5) is 13.8. The largest absolute Gasteiger partial charge is 0.395 e. The number of rotatable bonds is 7. The summed E-state index contributed by atoms with van der Waals surface area (Å²) in [5.41, 5.74) is 1.98. The van der Waals surface area contributed by atoms with Crippen LogP contribution in [0.25, 0.3) is 0 Å². The first-order valence-corrected chi connectivity index (χ1v) is 6.70. The molecule has 1 amide bonds. The molecule has 0 bridgehead atoms. The lowest BCUT2D eigenvalue weighted by Gasteiger charge is -2.22. The van der Waals surface area contributed by atoms with Crippen LogP contribution in [-0.4, -0.2) is 42.2 Å². The summed E-state index contributed by atoms with van der Waals surface area (Å²) in [6.07, 6.45) is 1.29. The summed E-state index contributed by atoms with van der Waals surface area (Å²) in [5.74, 6) is 0.0376. The Balaban J connectivity index is 2.29. The van der Waals surface area contributed by atoms with Crippen molar-refractivity contribution in [1.82, 2.24) is 4.90 Å². The number of amides is 1. The highest BCUT2D eigenvalue weighted by Gasteiger charge is 2.08. The average molecular weight is 264 g/mol. The number of aryl methyl sites for hydroxylation is 1. The van der Waals surface area contributed by atoms with E-state index in [9.17, 15) is 4.79 Å². The highest BCUT2D eigenvalue weighted by atomic mass is 16.3. The van der Waals surface area contributed by atoms with Crippen molar-refractivity contribution in [2.45, 2.75) is 32.7 Å². The van der Waals surface area contributed by atoms with E-state index >= 15 is 0 Å². The second-order valence-corrected chi connectivity index (χ2v) is 5.03. The van der Waals surface area contributed by atoms with Crippen LogP contribution in [0.4, 0.5) is 5.69 Å². The van der Waals surface area contributed by atoms with E-state index in [0.717, 1.165) is 24.2 Å². The molecular weight excluding hydrogens is 240 g/mol. The average Bonchev–Trinajstić information content (AvgIpc) is 2.37. The number of hydrogen-bond acceptors (Lipinski definition) is 3. The van der Waals surface area contributed by atoms with Crippen molar-refractivity contribution in [2.24, 2.45) is 0 Å². The van der Waals surface area contributed by atoms with Gasteiger partial charge in [-0.2, -0.15) is 0 Å². The van der Waals surface area contributed by atoms with Gasteiger partial charge in [0.2, 0.25) is 5.91 Å². The highest BCUT2D eigenvalue weighted by Crippen LogP contribution is 2.10. The minimum absolute atomic E-state index is 0.0376. The van der Waals surface area contributed by atoms with E-state index in [1.165, 1.54) is 0 Å². The molecule has 4 nitrogen and oxygen atoms in total. The van der Waals surface area contributed by atoms with E-state index in [1.807, 2.05) is 45.2 Å². The molecule has 1 aromatic carbocycles. The Hall–Kier alpha value is -1.39. The fourth-order valence-corrected chi connectivity index (χ4v) is 1.80. The Kier molecular flexibility index (Phi) is 6.53. The van der Waals surface area contributed by atoms with Crippen LogP contribution < -0.4 is 5.32 Å². The van der Waals surface area contributed by atoms with E-state index in [0.29, 0.717) is 6.42 Å². The molecule has 0 aliphatic carbocycles.